The molecule has 1 rings (SSSR count). The molecule has 0 unspecified atom stereocenters. The van der Waals surface area contributed by atoms with Crippen molar-refractivity contribution in [3.63, 3.8) is 0 Å². The van der Waals surface area contributed by atoms with Gasteiger partial charge in [0, 0.05) is 46.3 Å². The van der Waals surface area contributed by atoms with Gasteiger partial charge in [-0.3, -0.25) is 0 Å². The summed E-state index contributed by atoms with van der Waals surface area (Å²) in [5.74, 6) is 0. The van der Waals surface area contributed by atoms with Crippen molar-refractivity contribution in [1.82, 2.24) is 0 Å². The van der Waals surface area contributed by atoms with Crippen LogP contribution in [0.25, 0.3) is 0 Å². The van der Waals surface area contributed by atoms with E-state index in [1.807, 2.05) is 0 Å². The Kier molecular flexibility index (Phi) is 4.20. The van der Waals surface area contributed by atoms with E-state index < -0.39 is 8.25 Å². The van der Waals surface area contributed by atoms with Crippen molar-refractivity contribution in [3.05, 3.63) is 0 Å². The molecule has 0 aliphatic carbocycles. The summed E-state index contributed by atoms with van der Waals surface area (Å²) in [5, 5.41) is 0. The quantitative estimate of drug-likeness (QED) is 0.576. The van der Waals surface area contributed by atoms with Crippen LogP contribution in [0.1, 0.15) is 0 Å². The van der Waals surface area contributed by atoms with Gasteiger partial charge in [0.2, 0.25) is 0 Å². The molecule has 0 radical (unpaired) electrons. The molecule has 1 saturated heterocycles. The molecule has 6 heavy (non-hydrogen) atoms. The number of hydrogen-bond donors (Lipinski definition) is 0. The van der Waals surface area contributed by atoms with Crippen LogP contribution in [-0.4, -0.2) is 6.79 Å². The Morgan fingerprint density at radius 3 is 1.83 bits per heavy atom. The van der Waals surface area contributed by atoms with Gasteiger partial charge >= 0.3 is 8.25 Å². The van der Waals surface area contributed by atoms with Crippen molar-refractivity contribution < 1.29 is 55.4 Å². The number of rotatable bonds is 0. The van der Waals surface area contributed by atoms with Crippen LogP contribution >= 0.6 is 8.25 Å². The van der Waals surface area contributed by atoms with E-state index in [0.29, 0.717) is 0 Å². The first kappa shape index (κ1) is 7.40. The van der Waals surface area contributed by atoms with Gasteiger partial charge in [0.1, 0.15) is 0 Å². The molecule has 0 bridgehead atoms. The van der Waals surface area contributed by atoms with Gasteiger partial charge in [-0.25, -0.2) is 0 Å². The fourth-order valence-electron chi connectivity index (χ4n) is 0.0957. The minimum Gasteiger partial charge on any atom is -0.0850 e. The molecule has 1 heterocycles. The molecule has 0 N–H and O–H groups in total. The first-order valence-corrected chi connectivity index (χ1v) is 2.22. The fraction of sp³-hybridized carbons (Fsp3) is 1.00. The zero-order chi connectivity index (χ0) is 3.70. The second kappa shape index (κ2) is 3.41. The predicted molar refractivity (Wildman–Crippen MR) is 14.6 cm³/mol. The molecule has 1 aliphatic rings. The monoisotopic (exact) mass is 233 g/mol. The zero-order valence-corrected chi connectivity index (χ0v) is 6.91. The van der Waals surface area contributed by atoms with E-state index in [1.165, 1.54) is 0 Å². The van der Waals surface area contributed by atoms with E-state index in [-0.39, 0.29) is 48.5 Å². The van der Waals surface area contributed by atoms with E-state index >= 15 is 0 Å². The Hall–Kier alpha value is 1.40. The summed E-state index contributed by atoms with van der Waals surface area (Å²) >= 11 is 0. The van der Waals surface area contributed by atoms with Crippen LogP contribution in [0, 0.1) is 41.7 Å². The predicted octanol–water partition coefficient (Wildman–Crippen LogP) is 0.648. The molecule has 0 aromatic rings. The largest absolute Gasteiger partial charge is 0.702 e. The van der Waals surface area contributed by atoms with E-state index in [4.69, 9.17) is 0 Å². The Morgan fingerprint density at radius 1 is 1.50 bits per heavy atom. The molecule has 0 aromatic carbocycles. The van der Waals surface area contributed by atoms with Gasteiger partial charge in [0.25, 0.3) is 6.79 Å². The maximum atomic E-state index is 9.60. The van der Waals surface area contributed by atoms with Crippen molar-refractivity contribution in [2.75, 3.05) is 6.79 Å². The topological polar surface area (TPSA) is 35.5 Å². The molecule has 1 fully saturated rings. The van der Waals surface area contributed by atoms with Gasteiger partial charge < -0.3 is 0 Å². The molecule has 5 heteroatoms. The van der Waals surface area contributed by atoms with Crippen LogP contribution in [0.3, 0.4) is 0 Å². The third-order valence-corrected chi connectivity index (χ3v) is 0.949. The van der Waals surface area contributed by atoms with Crippen molar-refractivity contribution in [2.24, 2.45) is 0 Å². The molecular formula is CH2CeO3P+. The average molecular weight is 233 g/mol. The van der Waals surface area contributed by atoms with Crippen LogP contribution < -0.4 is 0 Å². The fourth-order valence-corrected chi connectivity index (χ4v) is 0.287. The summed E-state index contributed by atoms with van der Waals surface area (Å²) in [7, 11) is -1.67. The summed E-state index contributed by atoms with van der Waals surface area (Å²) in [6.07, 6.45) is 0. The molecule has 0 atom stereocenters. The summed E-state index contributed by atoms with van der Waals surface area (Å²) < 4.78 is 18.0. The molecular weight excluding hydrogens is 231 g/mol. The molecule has 0 spiro atoms. The third kappa shape index (κ3) is 1.91. The molecule has 32 valence electrons. The van der Waals surface area contributed by atoms with Crippen LogP contribution in [-0.2, 0) is 13.6 Å². The van der Waals surface area contributed by atoms with E-state index in [1.54, 1.807) is 0 Å². The standard InChI is InChI=1S/CH2O3P.Ce/c2-5-3-1-4-5;/h1H2;/q+1;. The SMILES string of the molecule is O=[P+]1OCO1.[Ce]. The molecule has 3 nitrogen and oxygen atoms in total. The van der Waals surface area contributed by atoms with E-state index in [2.05, 4.69) is 9.05 Å². The Morgan fingerprint density at radius 2 is 1.83 bits per heavy atom. The number of hydrogen-bond acceptors (Lipinski definition) is 3. The Labute approximate surface area is 69.7 Å². The second-order valence-electron chi connectivity index (χ2n) is 0.600. The Bertz CT molecular complexity index is 57.8. The van der Waals surface area contributed by atoms with Gasteiger partial charge in [-0.2, -0.15) is 0 Å². The molecule has 0 saturated carbocycles. The maximum Gasteiger partial charge on any atom is 0.702 e. The minimum absolute atomic E-state index is 0. The Balaban J connectivity index is 0.000000250. The first-order valence-electron chi connectivity index (χ1n) is 1.13. The van der Waals surface area contributed by atoms with Gasteiger partial charge in [-0.15, -0.1) is 0 Å². The molecule has 1 aliphatic heterocycles. The van der Waals surface area contributed by atoms with Crippen LogP contribution in [0.5, 0.6) is 0 Å². The van der Waals surface area contributed by atoms with Crippen molar-refractivity contribution in [1.29, 1.82) is 0 Å². The van der Waals surface area contributed by atoms with Crippen LogP contribution in [0.2, 0.25) is 0 Å². The van der Waals surface area contributed by atoms with Gasteiger partial charge in [0.05, 0.1) is 0 Å². The summed E-state index contributed by atoms with van der Waals surface area (Å²) in [5.41, 5.74) is 0. The summed E-state index contributed by atoms with van der Waals surface area (Å²) in [6.45, 7) is 0.204. The third-order valence-electron chi connectivity index (χ3n) is 0.316. The normalized spacial score (nSPS) is 18.3. The van der Waals surface area contributed by atoms with Gasteiger partial charge in [-0.1, -0.05) is 9.05 Å². The second-order valence-corrected chi connectivity index (χ2v) is 1.56. The minimum atomic E-state index is -1.67. The van der Waals surface area contributed by atoms with Crippen molar-refractivity contribution in [2.45, 2.75) is 0 Å². The van der Waals surface area contributed by atoms with Crippen molar-refractivity contribution in [3.8, 4) is 0 Å². The zero-order valence-electron chi connectivity index (χ0n) is 2.88. The van der Waals surface area contributed by atoms with Gasteiger partial charge in [-0.05, 0) is 0 Å². The van der Waals surface area contributed by atoms with Gasteiger partial charge in [0.15, 0.2) is 0 Å². The smallest absolute Gasteiger partial charge is 0.0850 e. The van der Waals surface area contributed by atoms with Crippen molar-refractivity contribution >= 4 is 8.25 Å². The average Bonchev–Trinajstić information content (AvgIpc) is 1.30. The van der Waals surface area contributed by atoms with Crippen LogP contribution in [0.4, 0.5) is 0 Å². The first-order chi connectivity index (χ1) is 2.39. The molecule has 0 aromatic heterocycles. The summed E-state index contributed by atoms with van der Waals surface area (Å²) in [4.78, 5) is 0. The summed E-state index contributed by atoms with van der Waals surface area (Å²) in [6, 6.07) is 0. The van der Waals surface area contributed by atoms with E-state index in [9.17, 15) is 4.57 Å². The molecule has 0 amide bonds. The van der Waals surface area contributed by atoms with Crippen LogP contribution in [0.15, 0.2) is 0 Å². The van der Waals surface area contributed by atoms with E-state index in [0.717, 1.165) is 0 Å². The maximum absolute atomic E-state index is 9.60.